The van der Waals surface area contributed by atoms with Gasteiger partial charge in [-0.3, -0.25) is 0 Å². The van der Waals surface area contributed by atoms with E-state index in [1.54, 1.807) is 32.4 Å². The minimum atomic E-state index is -0.483. The van der Waals surface area contributed by atoms with Crippen molar-refractivity contribution in [1.29, 1.82) is 0 Å². The molecule has 0 atom stereocenters. The summed E-state index contributed by atoms with van der Waals surface area (Å²) in [6, 6.07) is 10.5. The first-order chi connectivity index (χ1) is 14.1. The van der Waals surface area contributed by atoms with Crippen LogP contribution in [0.15, 0.2) is 41.8 Å². The normalized spacial score (nSPS) is 10.3. The van der Waals surface area contributed by atoms with Crippen molar-refractivity contribution in [3.63, 3.8) is 0 Å². The van der Waals surface area contributed by atoms with Gasteiger partial charge in [0.1, 0.15) is 23.1 Å². The zero-order valence-electron chi connectivity index (χ0n) is 16.6. The van der Waals surface area contributed by atoms with E-state index in [9.17, 15) is 4.79 Å². The van der Waals surface area contributed by atoms with Crippen molar-refractivity contribution in [1.82, 2.24) is 4.98 Å². The summed E-state index contributed by atoms with van der Waals surface area (Å²) in [5.41, 5.74) is 1.89. The lowest BCUT2D eigenvalue weighted by atomic mass is 10.2. The summed E-state index contributed by atoms with van der Waals surface area (Å²) >= 11 is 1.46. The van der Waals surface area contributed by atoms with Gasteiger partial charge in [0.05, 0.1) is 39.7 Å². The van der Waals surface area contributed by atoms with Crippen LogP contribution in [0, 0.1) is 0 Å². The van der Waals surface area contributed by atoms with Crippen molar-refractivity contribution < 1.29 is 28.5 Å². The van der Waals surface area contributed by atoms with E-state index in [1.165, 1.54) is 25.6 Å². The second-order valence-corrected chi connectivity index (χ2v) is 6.75. The van der Waals surface area contributed by atoms with Crippen molar-refractivity contribution in [3.8, 4) is 33.6 Å². The number of esters is 1. The van der Waals surface area contributed by atoms with Crippen molar-refractivity contribution in [2.45, 2.75) is 6.61 Å². The van der Waals surface area contributed by atoms with Crippen LogP contribution >= 0.6 is 11.3 Å². The second-order valence-electron chi connectivity index (χ2n) is 5.89. The number of methoxy groups -OCH3 is 4. The average molecular weight is 415 g/mol. The first-order valence-corrected chi connectivity index (χ1v) is 9.53. The Hall–Kier alpha value is -3.26. The number of nitrogens with zero attached hydrogens (tertiary/aromatic N) is 1. The van der Waals surface area contributed by atoms with E-state index in [-0.39, 0.29) is 6.61 Å². The largest absolute Gasteiger partial charge is 0.497 e. The van der Waals surface area contributed by atoms with Crippen LogP contribution in [-0.2, 0) is 11.3 Å². The highest BCUT2D eigenvalue weighted by atomic mass is 32.1. The second kappa shape index (κ2) is 9.29. The van der Waals surface area contributed by atoms with Gasteiger partial charge >= 0.3 is 5.97 Å². The number of hydrogen-bond donors (Lipinski definition) is 0. The van der Waals surface area contributed by atoms with Crippen LogP contribution in [0.4, 0.5) is 0 Å². The van der Waals surface area contributed by atoms with Crippen LogP contribution in [0.2, 0.25) is 0 Å². The molecule has 0 saturated heterocycles. The van der Waals surface area contributed by atoms with E-state index in [0.717, 1.165) is 10.6 Å². The molecule has 0 saturated carbocycles. The summed E-state index contributed by atoms with van der Waals surface area (Å²) in [7, 11) is 6.22. The molecule has 0 amide bonds. The standard InChI is InChI=1S/C21H21NO6S/c1-24-16-7-14(8-17(10-16)25-2)21(23)28-11-15-12-29-20(22-15)13-5-6-18(26-3)19(9-13)27-4/h5-10,12H,11H2,1-4H3. The highest BCUT2D eigenvalue weighted by molar-refractivity contribution is 7.13. The number of hydrogen-bond acceptors (Lipinski definition) is 8. The zero-order valence-corrected chi connectivity index (χ0v) is 17.4. The smallest absolute Gasteiger partial charge is 0.338 e. The summed E-state index contributed by atoms with van der Waals surface area (Å²) < 4.78 is 26.3. The molecular weight excluding hydrogens is 394 g/mol. The van der Waals surface area contributed by atoms with Gasteiger partial charge < -0.3 is 23.7 Å². The van der Waals surface area contributed by atoms with E-state index in [2.05, 4.69) is 4.98 Å². The van der Waals surface area contributed by atoms with E-state index >= 15 is 0 Å². The average Bonchev–Trinajstić information content (AvgIpc) is 3.25. The molecular formula is C21H21NO6S. The Labute approximate surface area is 172 Å². The quantitative estimate of drug-likeness (QED) is 0.510. The molecule has 8 heteroatoms. The van der Waals surface area contributed by atoms with Gasteiger partial charge in [-0.1, -0.05) is 0 Å². The molecule has 0 spiro atoms. The van der Waals surface area contributed by atoms with E-state index in [4.69, 9.17) is 23.7 Å². The molecule has 0 aliphatic heterocycles. The number of thiazole rings is 1. The van der Waals surface area contributed by atoms with Gasteiger partial charge in [-0.05, 0) is 30.3 Å². The predicted octanol–water partition coefficient (Wildman–Crippen LogP) is 4.20. The molecule has 152 valence electrons. The van der Waals surface area contributed by atoms with Crippen LogP contribution in [0.3, 0.4) is 0 Å². The molecule has 0 aliphatic carbocycles. The monoisotopic (exact) mass is 415 g/mol. The van der Waals surface area contributed by atoms with Crippen LogP contribution in [0.1, 0.15) is 16.1 Å². The van der Waals surface area contributed by atoms with Crippen molar-refractivity contribution >= 4 is 17.3 Å². The number of benzene rings is 2. The molecule has 29 heavy (non-hydrogen) atoms. The van der Waals surface area contributed by atoms with Crippen LogP contribution < -0.4 is 18.9 Å². The highest BCUT2D eigenvalue weighted by Crippen LogP contribution is 2.33. The molecule has 3 aromatic rings. The minimum Gasteiger partial charge on any atom is -0.497 e. The van der Waals surface area contributed by atoms with E-state index in [1.807, 2.05) is 23.6 Å². The van der Waals surface area contributed by atoms with Crippen molar-refractivity contribution in [2.24, 2.45) is 0 Å². The fraction of sp³-hybridized carbons (Fsp3) is 0.238. The Morgan fingerprint density at radius 2 is 1.59 bits per heavy atom. The minimum absolute atomic E-state index is 0.0577. The molecule has 1 aromatic heterocycles. The van der Waals surface area contributed by atoms with Gasteiger partial charge in [0.25, 0.3) is 0 Å². The maximum Gasteiger partial charge on any atom is 0.338 e. The van der Waals surface area contributed by atoms with Gasteiger partial charge in [0.2, 0.25) is 0 Å². The summed E-state index contributed by atoms with van der Waals surface area (Å²) in [5, 5.41) is 2.64. The van der Waals surface area contributed by atoms with Gasteiger partial charge in [-0.25, -0.2) is 9.78 Å². The van der Waals surface area contributed by atoms with Gasteiger partial charge in [-0.15, -0.1) is 11.3 Å². The Morgan fingerprint density at radius 1 is 0.897 bits per heavy atom. The Kier molecular flexibility index (Phi) is 6.56. The number of rotatable bonds is 8. The summed E-state index contributed by atoms with van der Waals surface area (Å²) in [6.07, 6.45) is 0. The van der Waals surface area contributed by atoms with E-state index < -0.39 is 5.97 Å². The van der Waals surface area contributed by atoms with Gasteiger partial charge in [0, 0.05) is 17.0 Å². The lowest BCUT2D eigenvalue weighted by molar-refractivity contribution is 0.0467. The highest BCUT2D eigenvalue weighted by Gasteiger charge is 2.14. The molecule has 7 nitrogen and oxygen atoms in total. The summed E-state index contributed by atoms with van der Waals surface area (Å²) in [5.74, 6) is 1.82. The lowest BCUT2D eigenvalue weighted by Crippen LogP contribution is -2.06. The molecule has 1 heterocycles. The Bertz CT molecular complexity index is 978. The zero-order chi connectivity index (χ0) is 20.8. The first-order valence-electron chi connectivity index (χ1n) is 8.65. The molecule has 0 fully saturated rings. The third kappa shape index (κ3) is 4.78. The number of carbonyl (C=O) groups excluding carboxylic acids is 1. The third-order valence-corrected chi connectivity index (χ3v) is 5.06. The Balaban J connectivity index is 1.70. The van der Waals surface area contributed by atoms with Crippen LogP contribution in [0.5, 0.6) is 23.0 Å². The maximum absolute atomic E-state index is 12.4. The molecule has 0 N–H and O–H groups in total. The number of aromatic nitrogens is 1. The maximum atomic E-state index is 12.4. The van der Waals surface area contributed by atoms with Crippen molar-refractivity contribution in [3.05, 3.63) is 53.0 Å². The number of carbonyl (C=O) groups is 1. The van der Waals surface area contributed by atoms with Gasteiger partial charge in [0.15, 0.2) is 11.5 Å². The SMILES string of the molecule is COc1cc(OC)cc(C(=O)OCc2csc(-c3ccc(OC)c(OC)c3)n2)c1. The molecule has 0 unspecified atom stereocenters. The topological polar surface area (TPSA) is 76.1 Å². The third-order valence-electron chi connectivity index (χ3n) is 4.12. The molecule has 2 aromatic carbocycles. The van der Waals surface area contributed by atoms with Crippen LogP contribution in [0.25, 0.3) is 10.6 Å². The first kappa shape index (κ1) is 20.5. The van der Waals surface area contributed by atoms with Gasteiger partial charge in [-0.2, -0.15) is 0 Å². The Morgan fingerprint density at radius 3 is 2.21 bits per heavy atom. The summed E-state index contributed by atoms with van der Waals surface area (Å²) in [4.78, 5) is 16.9. The molecule has 3 rings (SSSR count). The number of ether oxygens (including phenoxy) is 5. The van der Waals surface area contributed by atoms with Crippen molar-refractivity contribution in [2.75, 3.05) is 28.4 Å². The fourth-order valence-electron chi connectivity index (χ4n) is 2.62. The lowest BCUT2D eigenvalue weighted by Gasteiger charge is -2.08. The predicted molar refractivity (Wildman–Crippen MR) is 109 cm³/mol. The molecule has 0 bridgehead atoms. The summed E-state index contributed by atoms with van der Waals surface area (Å²) in [6.45, 7) is 0.0577. The molecule has 0 aliphatic rings. The van der Waals surface area contributed by atoms with E-state index in [0.29, 0.717) is 34.3 Å². The van der Waals surface area contributed by atoms with Crippen LogP contribution in [-0.4, -0.2) is 39.4 Å². The molecule has 0 radical (unpaired) electrons. The fourth-order valence-corrected chi connectivity index (χ4v) is 3.42.